The molecule has 3 nitrogen and oxygen atoms in total. The Balaban J connectivity index is 2.65. The van der Waals surface area contributed by atoms with Gasteiger partial charge in [-0.2, -0.15) is 31.6 Å². The molecule has 1 aliphatic rings. The Hall–Kier alpha value is -2.24. The van der Waals surface area contributed by atoms with Crippen LogP contribution in [0.3, 0.4) is 0 Å². The van der Waals surface area contributed by atoms with Crippen LogP contribution in [0.15, 0.2) is 18.2 Å². The molecule has 0 heterocycles. The number of ether oxygens (including phenoxy) is 1. The number of halogens is 6. The Bertz CT molecular complexity index is 743. The highest BCUT2D eigenvalue weighted by molar-refractivity contribution is 5.88. The first kappa shape index (κ1) is 20.1. The van der Waals surface area contributed by atoms with E-state index >= 15 is 0 Å². The molecule has 9 heteroatoms. The normalized spacial score (nSPS) is 24.7. The fraction of sp³-hybridized carbons (Fsp3) is 0.529. The van der Waals surface area contributed by atoms with Crippen LogP contribution in [0.1, 0.15) is 43.4 Å². The summed E-state index contributed by atoms with van der Waals surface area (Å²) >= 11 is 0. The van der Waals surface area contributed by atoms with Gasteiger partial charge < -0.3 is 4.74 Å². The lowest BCUT2D eigenvalue weighted by molar-refractivity contribution is -0.148. The van der Waals surface area contributed by atoms with Gasteiger partial charge in [-0.1, -0.05) is 13.8 Å². The van der Waals surface area contributed by atoms with Crippen molar-refractivity contribution in [3.8, 4) is 6.07 Å². The third kappa shape index (κ3) is 2.91. The molecule has 0 N–H and O–H groups in total. The van der Waals surface area contributed by atoms with E-state index in [9.17, 15) is 36.4 Å². The summed E-state index contributed by atoms with van der Waals surface area (Å²) in [5.74, 6) is -2.11. The molecule has 26 heavy (non-hydrogen) atoms. The standard InChI is InChI=1S/C17H15F6NO2/c1-4-26-13(25)15(8-24)12(14(15,2)3)9-5-10(16(18,19)20)7-11(6-9)17(21,22)23/h5-7,12H,4H2,1-3H3/t12-,15-/m0/s1. The molecule has 0 unspecified atom stereocenters. The number of carbonyl (C=O) groups excluding carboxylic acids is 1. The largest absolute Gasteiger partial charge is 0.465 e. The summed E-state index contributed by atoms with van der Waals surface area (Å²) in [5.41, 5.74) is -6.36. The maximum absolute atomic E-state index is 13.0. The first-order valence-corrected chi connectivity index (χ1v) is 7.61. The third-order valence-electron chi connectivity index (χ3n) is 4.80. The maximum atomic E-state index is 13.0. The lowest BCUT2D eigenvalue weighted by Gasteiger charge is -2.15. The Labute approximate surface area is 145 Å². The van der Waals surface area contributed by atoms with Crippen LogP contribution in [-0.2, 0) is 21.9 Å². The Morgan fingerprint density at radius 1 is 1.12 bits per heavy atom. The summed E-state index contributed by atoms with van der Waals surface area (Å²) in [6.07, 6.45) is -10.0. The molecular formula is C17H15F6NO2. The molecule has 0 amide bonds. The van der Waals surface area contributed by atoms with E-state index in [0.717, 1.165) is 0 Å². The van der Waals surface area contributed by atoms with Crippen molar-refractivity contribution in [3.05, 3.63) is 34.9 Å². The van der Waals surface area contributed by atoms with Crippen LogP contribution in [0.25, 0.3) is 0 Å². The minimum atomic E-state index is -5.01. The molecule has 1 fully saturated rings. The van der Waals surface area contributed by atoms with E-state index in [1.165, 1.54) is 20.8 Å². The maximum Gasteiger partial charge on any atom is 0.416 e. The summed E-state index contributed by atoms with van der Waals surface area (Å²) in [7, 11) is 0. The summed E-state index contributed by atoms with van der Waals surface area (Å²) in [6.45, 7) is 4.29. The lowest BCUT2D eigenvalue weighted by Crippen LogP contribution is -2.23. The molecule has 0 radical (unpaired) electrons. The predicted molar refractivity (Wildman–Crippen MR) is 77.6 cm³/mol. The minimum Gasteiger partial charge on any atom is -0.465 e. The molecule has 1 aliphatic carbocycles. The zero-order valence-electron chi connectivity index (χ0n) is 14.0. The SMILES string of the molecule is CCOC(=O)[C@]1(C#N)[C@@H](c2cc(C(F)(F)F)cc(C(F)(F)F)c2)C1(C)C. The monoisotopic (exact) mass is 379 g/mol. The van der Waals surface area contributed by atoms with Crippen molar-refractivity contribution in [2.75, 3.05) is 6.61 Å². The highest BCUT2D eigenvalue weighted by Crippen LogP contribution is 2.74. The van der Waals surface area contributed by atoms with Gasteiger partial charge in [0.15, 0.2) is 5.41 Å². The number of benzene rings is 1. The van der Waals surface area contributed by atoms with E-state index in [1.807, 2.05) is 0 Å². The molecule has 0 saturated heterocycles. The highest BCUT2D eigenvalue weighted by atomic mass is 19.4. The van der Waals surface area contributed by atoms with Crippen LogP contribution in [0.2, 0.25) is 0 Å². The second kappa shape index (κ2) is 5.89. The average Bonchev–Trinajstić information content (AvgIpc) is 3.02. The Morgan fingerprint density at radius 2 is 1.58 bits per heavy atom. The zero-order valence-corrected chi connectivity index (χ0v) is 14.0. The van der Waals surface area contributed by atoms with E-state index < -0.39 is 46.2 Å². The molecule has 2 rings (SSSR count). The molecule has 0 spiro atoms. The van der Waals surface area contributed by atoms with Crippen LogP contribution in [-0.4, -0.2) is 12.6 Å². The number of esters is 1. The van der Waals surface area contributed by atoms with E-state index in [0.29, 0.717) is 12.1 Å². The zero-order chi connectivity index (χ0) is 20.1. The van der Waals surface area contributed by atoms with Crippen molar-refractivity contribution >= 4 is 5.97 Å². The van der Waals surface area contributed by atoms with Gasteiger partial charge in [0.1, 0.15) is 0 Å². The predicted octanol–water partition coefficient (Wildman–Crippen LogP) is 4.92. The van der Waals surface area contributed by atoms with Crippen molar-refractivity contribution in [2.45, 2.75) is 39.0 Å². The molecule has 2 atom stereocenters. The van der Waals surface area contributed by atoms with Crippen molar-refractivity contribution in [3.63, 3.8) is 0 Å². The molecule has 1 aromatic carbocycles. The van der Waals surface area contributed by atoms with Crippen LogP contribution in [0, 0.1) is 22.2 Å². The second-order valence-corrected chi connectivity index (χ2v) is 6.63. The number of carbonyl (C=O) groups is 1. The number of alkyl halides is 6. The van der Waals surface area contributed by atoms with Crippen molar-refractivity contribution in [1.29, 1.82) is 5.26 Å². The first-order valence-electron chi connectivity index (χ1n) is 7.61. The average molecular weight is 379 g/mol. The lowest BCUT2D eigenvalue weighted by atomic mass is 9.96. The van der Waals surface area contributed by atoms with E-state index in [1.54, 1.807) is 6.07 Å². The van der Waals surface area contributed by atoms with E-state index in [-0.39, 0.29) is 18.2 Å². The van der Waals surface area contributed by atoms with Gasteiger partial charge in [-0.15, -0.1) is 0 Å². The molecule has 0 aliphatic heterocycles. The Kier molecular flexibility index (Phi) is 4.55. The number of hydrogen-bond donors (Lipinski definition) is 0. The minimum absolute atomic E-state index is 0.0112. The van der Waals surface area contributed by atoms with Crippen molar-refractivity contribution in [1.82, 2.24) is 0 Å². The van der Waals surface area contributed by atoms with Gasteiger partial charge in [-0.25, -0.2) is 0 Å². The van der Waals surface area contributed by atoms with Crippen LogP contribution in [0.4, 0.5) is 26.3 Å². The molecule has 0 bridgehead atoms. The number of nitrogens with zero attached hydrogens (tertiary/aromatic N) is 1. The molecule has 142 valence electrons. The highest BCUT2D eigenvalue weighted by Gasteiger charge is 2.78. The topological polar surface area (TPSA) is 50.1 Å². The molecular weight excluding hydrogens is 364 g/mol. The number of nitriles is 1. The first-order chi connectivity index (χ1) is 11.7. The fourth-order valence-electron chi connectivity index (χ4n) is 3.46. The molecule has 0 aromatic heterocycles. The van der Waals surface area contributed by atoms with E-state index in [4.69, 9.17) is 4.74 Å². The van der Waals surface area contributed by atoms with E-state index in [2.05, 4.69) is 0 Å². The van der Waals surface area contributed by atoms with Crippen molar-refractivity contribution < 1.29 is 35.9 Å². The summed E-state index contributed by atoms with van der Waals surface area (Å²) in [4.78, 5) is 12.2. The molecule has 1 aromatic rings. The number of hydrogen-bond acceptors (Lipinski definition) is 3. The fourth-order valence-corrected chi connectivity index (χ4v) is 3.46. The van der Waals surface area contributed by atoms with Crippen LogP contribution >= 0.6 is 0 Å². The molecule has 1 saturated carbocycles. The smallest absolute Gasteiger partial charge is 0.416 e. The van der Waals surface area contributed by atoms with Crippen LogP contribution in [0.5, 0.6) is 0 Å². The van der Waals surface area contributed by atoms with Crippen molar-refractivity contribution in [2.24, 2.45) is 10.8 Å². The van der Waals surface area contributed by atoms with Gasteiger partial charge in [0.2, 0.25) is 0 Å². The summed E-state index contributed by atoms with van der Waals surface area (Å²) in [5, 5.41) is 9.48. The quantitative estimate of drug-likeness (QED) is 0.553. The summed E-state index contributed by atoms with van der Waals surface area (Å²) < 4.78 is 83.1. The summed E-state index contributed by atoms with van der Waals surface area (Å²) in [6, 6.07) is 2.88. The number of rotatable bonds is 3. The van der Waals surface area contributed by atoms with Crippen LogP contribution < -0.4 is 0 Å². The van der Waals surface area contributed by atoms with Gasteiger partial charge in [0, 0.05) is 11.3 Å². The van der Waals surface area contributed by atoms with Gasteiger partial charge in [0.05, 0.1) is 23.8 Å². The van der Waals surface area contributed by atoms with Gasteiger partial charge >= 0.3 is 18.3 Å². The van der Waals surface area contributed by atoms with Gasteiger partial charge in [0.25, 0.3) is 0 Å². The third-order valence-corrected chi connectivity index (χ3v) is 4.80. The second-order valence-electron chi connectivity index (χ2n) is 6.63. The van der Waals surface area contributed by atoms with Gasteiger partial charge in [-0.05, 0) is 30.7 Å². The van der Waals surface area contributed by atoms with Gasteiger partial charge in [-0.3, -0.25) is 4.79 Å². The Morgan fingerprint density at radius 3 is 1.92 bits per heavy atom.